The Hall–Kier alpha value is -2.99. The molecule has 3 heterocycles. The second-order valence-electron chi connectivity index (χ2n) is 6.77. The monoisotopic (exact) mass is 391 g/mol. The van der Waals surface area contributed by atoms with E-state index >= 15 is 0 Å². The molecular weight excluding hydrogens is 370 g/mol. The highest BCUT2D eigenvalue weighted by atomic mass is 32.1. The summed E-state index contributed by atoms with van der Waals surface area (Å²) in [5.41, 5.74) is 3.36. The molecule has 28 heavy (non-hydrogen) atoms. The highest BCUT2D eigenvalue weighted by molar-refractivity contribution is 7.09. The van der Waals surface area contributed by atoms with Crippen LogP contribution in [0.2, 0.25) is 0 Å². The minimum atomic E-state index is -0.0400. The van der Waals surface area contributed by atoms with Gasteiger partial charge in [0.15, 0.2) is 0 Å². The largest absolute Gasteiger partial charge is 0.326 e. The van der Waals surface area contributed by atoms with Crippen LogP contribution >= 0.6 is 11.3 Å². The molecule has 0 atom stereocenters. The number of thiophene rings is 1. The molecule has 6 heteroatoms. The number of carbonyl (C=O) groups is 2. The first-order chi connectivity index (χ1) is 13.7. The lowest BCUT2D eigenvalue weighted by Gasteiger charge is -2.30. The standard InChI is InChI=1S/C22H21N3O2S/c26-21(10-8-19-6-3-13-28-19)24-18-7-9-20-16(14-18)5-2-12-25(20)22(27)17-4-1-11-23-15-17/h1,3-4,6-7,9,11,13-15H,2,5,8,10,12H2,(H,24,26). The summed E-state index contributed by atoms with van der Waals surface area (Å²) >= 11 is 1.67. The summed E-state index contributed by atoms with van der Waals surface area (Å²) in [4.78, 5) is 32.2. The van der Waals surface area contributed by atoms with E-state index in [2.05, 4.69) is 10.3 Å². The number of anilines is 2. The predicted molar refractivity (Wildman–Crippen MR) is 112 cm³/mol. The maximum Gasteiger partial charge on any atom is 0.259 e. The van der Waals surface area contributed by atoms with Crippen LogP contribution in [0.3, 0.4) is 0 Å². The highest BCUT2D eigenvalue weighted by Crippen LogP contribution is 2.31. The van der Waals surface area contributed by atoms with Crippen LogP contribution < -0.4 is 10.2 Å². The second-order valence-corrected chi connectivity index (χ2v) is 7.81. The number of aromatic nitrogens is 1. The molecule has 5 nitrogen and oxygen atoms in total. The minimum absolute atomic E-state index is 0.00690. The first-order valence-electron chi connectivity index (χ1n) is 9.38. The molecule has 0 radical (unpaired) electrons. The highest BCUT2D eigenvalue weighted by Gasteiger charge is 2.24. The quantitative estimate of drug-likeness (QED) is 0.705. The van der Waals surface area contributed by atoms with Crippen LogP contribution in [0.15, 0.2) is 60.2 Å². The maximum atomic E-state index is 12.8. The Kier molecular flexibility index (Phi) is 5.48. The number of carbonyl (C=O) groups excluding carboxylic acids is 2. The fourth-order valence-corrected chi connectivity index (χ4v) is 4.15. The summed E-state index contributed by atoms with van der Waals surface area (Å²) in [6, 6.07) is 13.4. The Morgan fingerprint density at radius 3 is 2.89 bits per heavy atom. The third kappa shape index (κ3) is 4.12. The maximum absolute atomic E-state index is 12.8. The number of nitrogens with one attached hydrogen (secondary N) is 1. The van der Waals surface area contributed by atoms with Crippen LogP contribution in [-0.4, -0.2) is 23.3 Å². The SMILES string of the molecule is O=C(CCc1cccs1)Nc1ccc2c(c1)CCCN2C(=O)c1cccnc1. The number of amides is 2. The first-order valence-corrected chi connectivity index (χ1v) is 10.3. The lowest BCUT2D eigenvalue weighted by atomic mass is 10.00. The molecule has 4 rings (SSSR count). The zero-order valence-corrected chi connectivity index (χ0v) is 16.2. The zero-order chi connectivity index (χ0) is 19.3. The van der Waals surface area contributed by atoms with Crippen LogP contribution in [0, 0.1) is 0 Å². The summed E-state index contributed by atoms with van der Waals surface area (Å²) in [7, 11) is 0. The Balaban J connectivity index is 1.45. The van der Waals surface area contributed by atoms with Gasteiger partial charge in [0.05, 0.1) is 5.56 Å². The number of hydrogen-bond donors (Lipinski definition) is 1. The van der Waals surface area contributed by atoms with Gasteiger partial charge in [-0.1, -0.05) is 6.07 Å². The Labute approximate surface area is 168 Å². The Bertz CT molecular complexity index is 971. The molecule has 1 aliphatic heterocycles. The average molecular weight is 391 g/mol. The third-order valence-electron chi connectivity index (χ3n) is 4.81. The van der Waals surface area contributed by atoms with E-state index in [0.717, 1.165) is 36.2 Å². The number of fused-ring (bicyclic) bond motifs is 1. The normalized spacial score (nSPS) is 13.1. The van der Waals surface area contributed by atoms with Crippen molar-refractivity contribution in [3.05, 3.63) is 76.2 Å². The summed E-state index contributed by atoms with van der Waals surface area (Å²) in [6.07, 6.45) is 6.26. The molecule has 142 valence electrons. The van der Waals surface area contributed by atoms with E-state index in [9.17, 15) is 9.59 Å². The number of rotatable bonds is 5. The summed E-state index contributed by atoms with van der Waals surface area (Å²) in [5, 5.41) is 5.01. The van der Waals surface area contributed by atoms with E-state index in [1.807, 2.05) is 35.7 Å². The van der Waals surface area contributed by atoms with Gasteiger partial charge in [0.1, 0.15) is 0 Å². The molecule has 1 aromatic carbocycles. The predicted octanol–water partition coefficient (Wildman–Crippen LogP) is 4.31. The topological polar surface area (TPSA) is 62.3 Å². The van der Waals surface area contributed by atoms with Gasteiger partial charge in [-0.25, -0.2) is 0 Å². The van der Waals surface area contributed by atoms with Gasteiger partial charge in [-0.05, 0) is 66.6 Å². The molecule has 0 bridgehead atoms. The second kappa shape index (κ2) is 8.35. The zero-order valence-electron chi connectivity index (χ0n) is 15.4. The van der Waals surface area contributed by atoms with Crippen molar-refractivity contribution in [1.29, 1.82) is 0 Å². The molecule has 0 saturated carbocycles. The number of nitrogens with zero attached hydrogens (tertiary/aromatic N) is 2. The van der Waals surface area contributed by atoms with Gasteiger partial charge in [-0.15, -0.1) is 11.3 Å². The van der Waals surface area contributed by atoms with Gasteiger partial charge in [0.25, 0.3) is 5.91 Å². The number of benzene rings is 1. The first kappa shape index (κ1) is 18.4. The molecule has 0 unspecified atom stereocenters. The molecule has 0 aliphatic carbocycles. The van der Waals surface area contributed by atoms with Gasteiger partial charge >= 0.3 is 0 Å². The molecule has 0 saturated heterocycles. The van der Waals surface area contributed by atoms with E-state index in [0.29, 0.717) is 18.5 Å². The molecule has 3 aromatic rings. The van der Waals surface area contributed by atoms with Crippen molar-refractivity contribution in [1.82, 2.24) is 4.98 Å². The lowest BCUT2D eigenvalue weighted by Crippen LogP contribution is -2.35. The summed E-state index contributed by atoms with van der Waals surface area (Å²) in [6.45, 7) is 0.688. The average Bonchev–Trinajstić information content (AvgIpc) is 3.25. The van der Waals surface area contributed by atoms with Crippen LogP contribution in [0.4, 0.5) is 11.4 Å². The van der Waals surface area contributed by atoms with Gasteiger partial charge in [0.2, 0.25) is 5.91 Å². The number of aryl methyl sites for hydroxylation is 2. The van der Waals surface area contributed by atoms with Crippen LogP contribution in [-0.2, 0) is 17.6 Å². The van der Waals surface area contributed by atoms with Gasteiger partial charge in [0, 0.05) is 41.6 Å². The molecule has 1 aliphatic rings. The van der Waals surface area contributed by atoms with Crippen LogP contribution in [0.5, 0.6) is 0 Å². The molecule has 2 amide bonds. The molecule has 1 N–H and O–H groups in total. The molecule has 0 fully saturated rings. The fourth-order valence-electron chi connectivity index (χ4n) is 3.45. The fraction of sp³-hybridized carbons (Fsp3) is 0.227. The molecule has 0 spiro atoms. The van der Waals surface area contributed by atoms with Gasteiger partial charge < -0.3 is 10.2 Å². The van der Waals surface area contributed by atoms with E-state index in [1.54, 1.807) is 40.8 Å². The minimum Gasteiger partial charge on any atom is -0.326 e. The van der Waals surface area contributed by atoms with E-state index in [-0.39, 0.29) is 11.8 Å². The van der Waals surface area contributed by atoms with E-state index < -0.39 is 0 Å². The van der Waals surface area contributed by atoms with Crippen LogP contribution in [0.25, 0.3) is 0 Å². The van der Waals surface area contributed by atoms with E-state index in [4.69, 9.17) is 0 Å². The van der Waals surface area contributed by atoms with Crippen molar-refractivity contribution in [2.45, 2.75) is 25.7 Å². The summed E-state index contributed by atoms with van der Waals surface area (Å²) in [5.74, 6) is -0.0331. The van der Waals surface area contributed by atoms with Crippen molar-refractivity contribution < 1.29 is 9.59 Å². The van der Waals surface area contributed by atoms with Gasteiger partial charge in [-0.2, -0.15) is 0 Å². The van der Waals surface area contributed by atoms with Crippen molar-refractivity contribution in [3.63, 3.8) is 0 Å². The van der Waals surface area contributed by atoms with Crippen molar-refractivity contribution in [3.8, 4) is 0 Å². The lowest BCUT2D eigenvalue weighted by molar-refractivity contribution is -0.116. The number of hydrogen-bond acceptors (Lipinski definition) is 4. The number of pyridine rings is 1. The Morgan fingerprint density at radius 1 is 1.18 bits per heavy atom. The Morgan fingerprint density at radius 2 is 2.11 bits per heavy atom. The third-order valence-corrected chi connectivity index (χ3v) is 5.75. The van der Waals surface area contributed by atoms with Crippen molar-refractivity contribution in [2.75, 3.05) is 16.8 Å². The summed E-state index contributed by atoms with van der Waals surface area (Å²) < 4.78 is 0. The smallest absolute Gasteiger partial charge is 0.259 e. The van der Waals surface area contributed by atoms with Crippen LogP contribution in [0.1, 0.15) is 33.6 Å². The molecule has 2 aromatic heterocycles. The molecular formula is C22H21N3O2S. The van der Waals surface area contributed by atoms with Gasteiger partial charge in [-0.3, -0.25) is 14.6 Å². The van der Waals surface area contributed by atoms with Crippen molar-refractivity contribution >= 4 is 34.5 Å². The van der Waals surface area contributed by atoms with Crippen molar-refractivity contribution in [2.24, 2.45) is 0 Å². The van der Waals surface area contributed by atoms with E-state index in [1.165, 1.54) is 4.88 Å².